The molecular weight excluding hydrogens is 276 g/mol. The summed E-state index contributed by atoms with van der Waals surface area (Å²) in [7, 11) is 0. The van der Waals surface area contributed by atoms with E-state index in [-0.39, 0.29) is 25.7 Å². The van der Waals surface area contributed by atoms with Crippen molar-refractivity contribution in [2.75, 3.05) is 13.1 Å². The molecule has 2 unspecified atom stereocenters. The molecule has 1 aliphatic carbocycles. The summed E-state index contributed by atoms with van der Waals surface area (Å²) in [6.45, 7) is 4.22. The second kappa shape index (κ2) is 4.77. The van der Waals surface area contributed by atoms with Crippen molar-refractivity contribution in [1.82, 2.24) is 4.90 Å². The molecule has 2 atom stereocenters. The van der Waals surface area contributed by atoms with Crippen LogP contribution in [0.1, 0.15) is 19.4 Å². The van der Waals surface area contributed by atoms with E-state index in [4.69, 9.17) is 4.74 Å². The summed E-state index contributed by atoms with van der Waals surface area (Å²) < 4.78 is 31.8. The standard InChI is InChI=1S/C16H19F2NO2/c1-15(2,19-8-12-13(9-19)16(12,17)18)14(20)21-10-11-6-4-3-5-7-11/h3-7,12-13H,8-10H2,1-2H3. The van der Waals surface area contributed by atoms with Crippen LogP contribution in [0, 0.1) is 11.8 Å². The molecule has 3 rings (SSSR count). The lowest BCUT2D eigenvalue weighted by Gasteiger charge is -2.34. The maximum absolute atomic E-state index is 13.2. The first-order valence-electron chi connectivity index (χ1n) is 7.17. The van der Waals surface area contributed by atoms with Gasteiger partial charge in [0.2, 0.25) is 0 Å². The molecule has 3 nitrogen and oxygen atoms in total. The predicted octanol–water partition coefficient (Wildman–Crippen LogP) is 2.71. The monoisotopic (exact) mass is 295 g/mol. The van der Waals surface area contributed by atoms with Gasteiger partial charge in [0.15, 0.2) is 0 Å². The Balaban J connectivity index is 1.57. The van der Waals surface area contributed by atoms with Gasteiger partial charge in [-0.3, -0.25) is 9.69 Å². The summed E-state index contributed by atoms with van der Waals surface area (Å²) in [5, 5.41) is 0. The maximum atomic E-state index is 13.2. The largest absolute Gasteiger partial charge is 0.459 e. The number of halogens is 2. The summed E-state index contributed by atoms with van der Waals surface area (Å²) in [5.74, 6) is -4.06. The summed E-state index contributed by atoms with van der Waals surface area (Å²) in [6.07, 6.45) is 0. The van der Waals surface area contributed by atoms with Crippen molar-refractivity contribution in [3.8, 4) is 0 Å². The highest BCUT2D eigenvalue weighted by Crippen LogP contribution is 2.60. The van der Waals surface area contributed by atoms with Crippen LogP contribution in [0.4, 0.5) is 8.78 Å². The third kappa shape index (κ3) is 2.44. The summed E-state index contributed by atoms with van der Waals surface area (Å²) in [6, 6.07) is 9.42. The van der Waals surface area contributed by atoms with E-state index in [0.29, 0.717) is 0 Å². The molecular formula is C16H19F2NO2. The molecule has 21 heavy (non-hydrogen) atoms. The van der Waals surface area contributed by atoms with Crippen LogP contribution in [0.5, 0.6) is 0 Å². The number of piperidine rings is 1. The van der Waals surface area contributed by atoms with Gasteiger partial charge in [0.1, 0.15) is 12.1 Å². The fraction of sp³-hybridized carbons (Fsp3) is 0.562. The summed E-state index contributed by atoms with van der Waals surface area (Å²) in [5.41, 5.74) is 0.0515. The number of hydrogen-bond acceptors (Lipinski definition) is 3. The minimum atomic E-state index is -2.53. The second-order valence-electron chi connectivity index (χ2n) is 6.41. The number of esters is 1. The Morgan fingerprint density at radius 3 is 2.43 bits per heavy atom. The van der Waals surface area contributed by atoms with Gasteiger partial charge < -0.3 is 4.74 Å². The lowest BCUT2D eigenvalue weighted by Crippen LogP contribution is -2.51. The van der Waals surface area contributed by atoms with Gasteiger partial charge in [-0.1, -0.05) is 30.3 Å². The van der Waals surface area contributed by atoms with E-state index in [0.717, 1.165) is 5.56 Å². The highest BCUT2D eigenvalue weighted by molar-refractivity contribution is 5.80. The third-order valence-electron chi connectivity index (χ3n) is 4.70. The fourth-order valence-corrected chi connectivity index (χ4v) is 2.99. The Hall–Kier alpha value is -1.49. The van der Waals surface area contributed by atoms with Gasteiger partial charge in [-0.15, -0.1) is 0 Å². The zero-order chi connectivity index (χ0) is 15.3. The normalized spacial score (nSPS) is 27.2. The zero-order valence-electron chi connectivity index (χ0n) is 12.2. The van der Waals surface area contributed by atoms with Crippen molar-refractivity contribution in [3.63, 3.8) is 0 Å². The number of alkyl halides is 2. The number of carbonyl (C=O) groups is 1. The molecule has 1 heterocycles. The predicted molar refractivity (Wildman–Crippen MR) is 73.8 cm³/mol. The molecule has 1 saturated carbocycles. The van der Waals surface area contributed by atoms with E-state index in [9.17, 15) is 13.6 Å². The molecule has 0 aromatic heterocycles. The van der Waals surface area contributed by atoms with E-state index in [1.165, 1.54) is 0 Å². The van der Waals surface area contributed by atoms with Gasteiger partial charge in [0.25, 0.3) is 5.92 Å². The highest BCUT2D eigenvalue weighted by atomic mass is 19.3. The number of rotatable bonds is 4. The molecule has 0 N–H and O–H groups in total. The number of nitrogens with zero attached hydrogens (tertiary/aromatic N) is 1. The van der Waals surface area contributed by atoms with Crippen LogP contribution in [-0.4, -0.2) is 35.4 Å². The third-order valence-corrected chi connectivity index (χ3v) is 4.70. The Morgan fingerprint density at radius 1 is 1.29 bits per heavy atom. The number of hydrogen-bond donors (Lipinski definition) is 0. The van der Waals surface area contributed by atoms with Crippen molar-refractivity contribution in [2.45, 2.75) is 31.9 Å². The molecule has 0 spiro atoms. The van der Waals surface area contributed by atoms with E-state index in [2.05, 4.69) is 0 Å². The lowest BCUT2D eigenvalue weighted by molar-refractivity contribution is -0.158. The summed E-state index contributed by atoms with van der Waals surface area (Å²) >= 11 is 0. The first-order chi connectivity index (χ1) is 9.83. The number of likely N-dealkylation sites (tertiary alicyclic amines) is 1. The molecule has 1 aromatic rings. The van der Waals surface area contributed by atoms with Crippen LogP contribution in [-0.2, 0) is 16.1 Å². The fourth-order valence-electron chi connectivity index (χ4n) is 2.99. The van der Waals surface area contributed by atoms with Crippen LogP contribution in [0.15, 0.2) is 30.3 Å². The van der Waals surface area contributed by atoms with E-state index >= 15 is 0 Å². The van der Waals surface area contributed by atoms with Gasteiger partial charge in [0.05, 0.1) is 0 Å². The molecule has 1 saturated heterocycles. The average molecular weight is 295 g/mol. The quantitative estimate of drug-likeness (QED) is 0.800. The summed E-state index contributed by atoms with van der Waals surface area (Å²) in [4.78, 5) is 14.1. The van der Waals surface area contributed by atoms with Gasteiger partial charge in [0, 0.05) is 24.9 Å². The number of ether oxygens (including phenoxy) is 1. The van der Waals surface area contributed by atoms with Crippen LogP contribution in [0.3, 0.4) is 0 Å². The van der Waals surface area contributed by atoms with Crippen LogP contribution >= 0.6 is 0 Å². The second-order valence-corrected chi connectivity index (χ2v) is 6.41. The molecule has 114 valence electrons. The number of carbonyl (C=O) groups excluding carboxylic acids is 1. The minimum absolute atomic E-state index is 0.208. The molecule has 2 fully saturated rings. The first kappa shape index (κ1) is 14.4. The Morgan fingerprint density at radius 2 is 1.86 bits per heavy atom. The van der Waals surface area contributed by atoms with E-state index in [1.54, 1.807) is 13.8 Å². The maximum Gasteiger partial charge on any atom is 0.326 e. The zero-order valence-corrected chi connectivity index (χ0v) is 12.2. The van der Waals surface area contributed by atoms with Gasteiger partial charge in [-0.05, 0) is 19.4 Å². The Labute approximate surface area is 122 Å². The molecule has 2 aliphatic rings. The molecule has 0 bridgehead atoms. The topological polar surface area (TPSA) is 29.5 Å². The van der Waals surface area contributed by atoms with Crippen molar-refractivity contribution in [1.29, 1.82) is 0 Å². The molecule has 0 amide bonds. The van der Waals surface area contributed by atoms with E-state index in [1.807, 2.05) is 35.2 Å². The van der Waals surface area contributed by atoms with Gasteiger partial charge >= 0.3 is 5.97 Å². The Kier molecular flexibility index (Phi) is 3.28. The highest BCUT2D eigenvalue weighted by Gasteiger charge is 2.72. The lowest BCUT2D eigenvalue weighted by atomic mass is 10.0. The van der Waals surface area contributed by atoms with Gasteiger partial charge in [-0.2, -0.15) is 0 Å². The minimum Gasteiger partial charge on any atom is -0.459 e. The van der Waals surface area contributed by atoms with Crippen LogP contribution in [0.25, 0.3) is 0 Å². The number of benzene rings is 1. The van der Waals surface area contributed by atoms with Crippen molar-refractivity contribution in [3.05, 3.63) is 35.9 Å². The van der Waals surface area contributed by atoms with Crippen LogP contribution < -0.4 is 0 Å². The van der Waals surface area contributed by atoms with Gasteiger partial charge in [-0.25, -0.2) is 8.78 Å². The molecule has 1 aromatic carbocycles. The first-order valence-corrected chi connectivity index (χ1v) is 7.17. The van der Waals surface area contributed by atoms with Crippen molar-refractivity contribution < 1.29 is 18.3 Å². The molecule has 1 aliphatic heterocycles. The smallest absolute Gasteiger partial charge is 0.326 e. The molecule has 0 radical (unpaired) electrons. The van der Waals surface area contributed by atoms with Crippen LogP contribution in [0.2, 0.25) is 0 Å². The van der Waals surface area contributed by atoms with Crippen molar-refractivity contribution in [2.24, 2.45) is 11.8 Å². The Bertz CT molecular complexity index is 530. The number of fused-ring (bicyclic) bond motifs is 1. The molecule has 5 heteroatoms. The SMILES string of the molecule is CC(C)(C(=O)OCc1ccccc1)N1CC2C(C1)C2(F)F. The average Bonchev–Trinajstić information content (AvgIpc) is 2.84. The van der Waals surface area contributed by atoms with Crippen molar-refractivity contribution >= 4 is 5.97 Å². The van der Waals surface area contributed by atoms with E-state index < -0.39 is 23.3 Å².